The minimum atomic E-state index is -0.117. The van der Waals surface area contributed by atoms with Crippen LogP contribution in [0.1, 0.15) is 19.4 Å². The third-order valence-electron chi connectivity index (χ3n) is 2.85. The number of aliphatic hydroxyl groups is 1. The normalized spacial score (nSPS) is 11.5. The number of aliphatic hydroxyl groups excluding tert-OH is 1. The van der Waals surface area contributed by atoms with Crippen molar-refractivity contribution < 1.29 is 14.6 Å². The lowest BCUT2D eigenvalue weighted by atomic mass is 9.95. The number of benzene rings is 1. The standard InChI is InChI=1S/C14H22BrNO3/c1-14(2,9-17)8-16-7-10-5-11(15)13(19-4)12(6-10)18-3/h5-6,16-17H,7-9H2,1-4H3. The molecule has 1 rings (SSSR count). The molecular formula is C14H22BrNO3. The maximum absolute atomic E-state index is 9.20. The summed E-state index contributed by atoms with van der Waals surface area (Å²) in [7, 11) is 3.24. The fourth-order valence-electron chi connectivity index (χ4n) is 1.67. The highest BCUT2D eigenvalue weighted by Crippen LogP contribution is 2.36. The van der Waals surface area contributed by atoms with Gasteiger partial charge in [0.15, 0.2) is 11.5 Å². The lowest BCUT2D eigenvalue weighted by molar-refractivity contribution is 0.156. The molecule has 0 amide bonds. The quantitative estimate of drug-likeness (QED) is 0.806. The molecule has 0 aromatic heterocycles. The van der Waals surface area contributed by atoms with E-state index in [0.717, 1.165) is 16.6 Å². The number of rotatable bonds is 7. The first-order chi connectivity index (χ1) is 8.93. The maximum atomic E-state index is 9.20. The Hall–Kier alpha value is -0.780. The van der Waals surface area contributed by atoms with E-state index in [2.05, 4.69) is 21.2 Å². The number of methoxy groups -OCH3 is 2. The predicted molar refractivity (Wildman–Crippen MR) is 79.8 cm³/mol. The summed E-state index contributed by atoms with van der Waals surface area (Å²) < 4.78 is 11.4. The SMILES string of the molecule is COc1cc(CNCC(C)(C)CO)cc(Br)c1OC. The summed E-state index contributed by atoms with van der Waals surface area (Å²) in [6, 6.07) is 3.95. The average molecular weight is 332 g/mol. The molecular weight excluding hydrogens is 310 g/mol. The van der Waals surface area contributed by atoms with Crippen molar-refractivity contribution in [2.24, 2.45) is 5.41 Å². The first-order valence-corrected chi connectivity index (χ1v) is 6.95. The van der Waals surface area contributed by atoms with Gasteiger partial charge in [-0.15, -0.1) is 0 Å². The van der Waals surface area contributed by atoms with Crippen LogP contribution in [0.4, 0.5) is 0 Å². The van der Waals surface area contributed by atoms with E-state index in [1.807, 2.05) is 26.0 Å². The van der Waals surface area contributed by atoms with E-state index in [1.165, 1.54) is 0 Å². The minimum Gasteiger partial charge on any atom is -0.493 e. The van der Waals surface area contributed by atoms with Gasteiger partial charge in [-0.3, -0.25) is 0 Å². The highest BCUT2D eigenvalue weighted by molar-refractivity contribution is 9.10. The summed E-state index contributed by atoms with van der Waals surface area (Å²) in [6.07, 6.45) is 0. The van der Waals surface area contributed by atoms with Gasteiger partial charge in [0.1, 0.15) is 0 Å². The van der Waals surface area contributed by atoms with Crippen molar-refractivity contribution in [3.8, 4) is 11.5 Å². The van der Waals surface area contributed by atoms with Gasteiger partial charge in [-0.05, 0) is 33.6 Å². The Morgan fingerprint density at radius 1 is 1.26 bits per heavy atom. The second kappa shape index (κ2) is 7.12. The maximum Gasteiger partial charge on any atom is 0.174 e. The lowest BCUT2D eigenvalue weighted by Gasteiger charge is -2.22. The van der Waals surface area contributed by atoms with E-state index < -0.39 is 0 Å². The second-order valence-corrected chi connectivity index (χ2v) is 6.09. The minimum absolute atomic E-state index is 0.117. The van der Waals surface area contributed by atoms with Gasteiger partial charge in [-0.25, -0.2) is 0 Å². The average Bonchev–Trinajstić information content (AvgIpc) is 2.37. The molecule has 19 heavy (non-hydrogen) atoms. The second-order valence-electron chi connectivity index (χ2n) is 5.24. The number of nitrogens with one attached hydrogen (secondary N) is 1. The monoisotopic (exact) mass is 331 g/mol. The molecule has 0 spiro atoms. The van der Waals surface area contributed by atoms with Gasteiger partial charge in [0, 0.05) is 25.1 Å². The van der Waals surface area contributed by atoms with Crippen molar-refractivity contribution in [2.75, 3.05) is 27.4 Å². The molecule has 108 valence electrons. The summed E-state index contributed by atoms with van der Waals surface area (Å²) in [5, 5.41) is 12.5. The van der Waals surface area contributed by atoms with E-state index in [-0.39, 0.29) is 12.0 Å². The van der Waals surface area contributed by atoms with E-state index >= 15 is 0 Å². The highest BCUT2D eigenvalue weighted by atomic mass is 79.9. The molecule has 0 radical (unpaired) electrons. The molecule has 0 atom stereocenters. The van der Waals surface area contributed by atoms with Crippen molar-refractivity contribution in [1.29, 1.82) is 0 Å². The topological polar surface area (TPSA) is 50.7 Å². The van der Waals surface area contributed by atoms with Crippen LogP contribution in [0.25, 0.3) is 0 Å². The Balaban J connectivity index is 2.72. The van der Waals surface area contributed by atoms with Crippen LogP contribution in [0.15, 0.2) is 16.6 Å². The predicted octanol–water partition coefficient (Wildman–Crippen LogP) is 2.57. The first-order valence-electron chi connectivity index (χ1n) is 6.15. The van der Waals surface area contributed by atoms with Crippen LogP contribution >= 0.6 is 15.9 Å². The third-order valence-corrected chi connectivity index (χ3v) is 3.44. The molecule has 4 nitrogen and oxygen atoms in total. The van der Waals surface area contributed by atoms with Crippen LogP contribution in [0.2, 0.25) is 0 Å². The summed E-state index contributed by atoms with van der Waals surface area (Å²) >= 11 is 3.47. The van der Waals surface area contributed by atoms with Crippen LogP contribution in [0, 0.1) is 5.41 Å². The molecule has 5 heteroatoms. The molecule has 0 bridgehead atoms. The number of hydrogen-bond donors (Lipinski definition) is 2. The molecule has 2 N–H and O–H groups in total. The largest absolute Gasteiger partial charge is 0.493 e. The highest BCUT2D eigenvalue weighted by Gasteiger charge is 2.16. The van der Waals surface area contributed by atoms with E-state index in [4.69, 9.17) is 9.47 Å². The number of hydrogen-bond acceptors (Lipinski definition) is 4. The van der Waals surface area contributed by atoms with Gasteiger partial charge in [0.2, 0.25) is 0 Å². The fraction of sp³-hybridized carbons (Fsp3) is 0.571. The van der Waals surface area contributed by atoms with Crippen molar-refractivity contribution in [1.82, 2.24) is 5.32 Å². The summed E-state index contributed by atoms with van der Waals surface area (Å²) in [5.41, 5.74) is 0.978. The zero-order valence-electron chi connectivity index (χ0n) is 11.9. The summed E-state index contributed by atoms with van der Waals surface area (Å²) in [6.45, 7) is 5.66. The van der Waals surface area contributed by atoms with Crippen molar-refractivity contribution in [2.45, 2.75) is 20.4 Å². The molecule has 0 heterocycles. The van der Waals surface area contributed by atoms with Crippen LogP contribution in [-0.2, 0) is 6.54 Å². The Morgan fingerprint density at radius 2 is 1.95 bits per heavy atom. The van der Waals surface area contributed by atoms with Crippen molar-refractivity contribution >= 4 is 15.9 Å². The fourth-order valence-corrected chi connectivity index (χ4v) is 2.33. The van der Waals surface area contributed by atoms with Gasteiger partial charge >= 0.3 is 0 Å². The third kappa shape index (κ3) is 4.67. The Labute approximate surface area is 123 Å². The first kappa shape index (κ1) is 16.3. The van der Waals surface area contributed by atoms with Crippen LogP contribution in [-0.4, -0.2) is 32.5 Å². The van der Waals surface area contributed by atoms with E-state index in [1.54, 1.807) is 14.2 Å². The van der Waals surface area contributed by atoms with Gasteiger partial charge < -0.3 is 19.9 Å². The van der Waals surface area contributed by atoms with Crippen molar-refractivity contribution in [3.63, 3.8) is 0 Å². The molecule has 0 saturated carbocycles. The Morgan fingerprint density at radius 3 is 2.47 bits per heavy atom. The Bertz CT molecular complexity index is 421. The molecule has 0 fully saturated rings. The van der Waals surface area contributed by atoms with E-state index in [0.29, 0.717) is 18.0 Å². The lowest BCUT2D eigenvalue weighted by Crippen LogP contribution is -2.31. The van der Waals surface area contributed by atoms with Crippen molar-refractivity contribution in [3.05, 3.63) is 22.2 Å². The van der Waals surface area contributed by atoms with E-state index in [9.17, 15) is 5.11 Å². The molecule has 0 aliphatic heterocycles. The van der Waals surface area contributed by atoms with Crippen LogP contribution in [0.3, 0.4) is 0 Å². The molecule has 0 saturated heterocycles. The molecule has 0 aliphatic carbocycles. The smallest absolute Gasteiger partial charge is 0.174 e. The van der Waals surface area contributed by atoms with Gasteiger partial charge in [0.05, 0.1) is 18.7 Å². The van der Waals surface area contributed by atoms with Gasteiger partial charge in [-0.2, -0.15) is 0 Å². The molecule has 1 aromatic rings. The van der Waals surface area contributed by atoms with Gasteiger partial charge in [-0.1, -0.05) is 13.8 Å². The summed E-state index contributed by atoms with van der Waals surface area (Å²) in [5.74, 6) is 1.40. The molecule has 0 unspecified atom stereocenters. The zero-order chi connectivity index (χ0) is 14.5. The number of ether oxygens (including phenoxy) is 2. The Kier molecular flexibility index (Phi) is 6.10. The number of halogens is 1. The zero-order valence-corrected chi connectivity index (χ0v) is 13.5. The summed E-state index contributed by atoms with van der Waals surface area (Å²) in [4.78, 5) is 0. The van der Waals surface area contributed by atoms with Crippen LogP contribution < -0.4 is 14.8 Å². The van der Waals surface area contributed by atoms with Crippen LogP contribution in [0.5, 0.6) is 11.5 Å². The van der Waals surface area contributed by atoms with Gasteiger partial charge in [0.25, 0.3) is 0 Å². The molecule has 1 aromatic carbocycles. The molecule has 0 aliphatic rings.